The first kappa shape index (κ1) is 13.9. The molecule has 0 aromatic heterocycles. The van der Waals surface area contributed by atoms with Crippen LogP contribution in [0.15, 0.2) is 0 Å². The molecule has 0 saturated heterocycles. The number of hydrogen-bond acceptors (Lipinski definition) is 3. The summed E-state index contributed by atoms with van der Waals surface area (Å²) in [5.74, 6) is 0. The van der Waals surface area contributed by atoms with E-state index in [9.17, 15) is 0 Å². The minimum Gasteiger partial charge on any atom is -0.377 e. The smallest absolute Gasteiger partial charge is 0.0594 e. The predicted molar refractivity (Wildman–Crippen MR) is 61.7 cm³/mol. The van der Waals surface area contributed by atoms with Crippen LogP contribution in [0, 0.1) is 0 Å². The van der Waals surface area contributed by atoms with Gasteiger partial charge in [-0.05, 0) is 20.8 Å². The van der Waals surface area contributed by atoms with Crippen molar-refractivity contribution in [3.05, 3.63) is 0 Å². The van der Waals surface area contributed by atoms with Crippen LogP contribution in [0.4, 0.5) is 0 Å². The summed E-state index contributed by atoms with van der Waals surface area (Å²) < 4.78 is 5.43. The monoisotopic (exact) mass is 202 g/mol. The van der Waals surface area contributed by atoms with E-state index in [0.29, 0.717) is 18.2 Å². The van der Waals surface area contributed by atoms with Gasteiger partial charge >= 0.3 is 0 Å². The molecule has 0 aromatic rings. The molecule has 0 rings (SSSR count). The summed E-state index contributed by atoms with van der Waals surface area (Å²) in [6, 6.07) is 1.07. The van der Waals surface area contributed by atoms with Gasteiger partial charge in [-0.1, -0.05) is 13.8 Å². The van der Waals surface area contributed by atoms with Crippen molar-refractivity contribution in [2.24, 2.45) is 0 Å². The Hall–Kier alpha value is -0.120. The highest BCUT2D eigenvalue weighted by atomic mass is 16.5. The minimum absolute atomic E-state index is 0.334. The highest BCUT2D eigenvalue weighted by molar-refractivity contribution is 4.65. The summed E-state index contributed by atoms with van der Waals surface area (Å²) in [6.07, 6.45) is 0.334. The fourth-order valence-corrected chi connectivity index (χ4v) is 1.08. The molecule has 0 aliphatic carbocycles. The molecule has 0 spiro atoms. The van der Waals surface area contributed by atoms with Crippen molar-refractivity contribution >= 4 is 0 Å². The fraction of sp³-hybridized carbons (Fsp3) is 1.00. The van der Waals surface area contributed by atoms with Crippen LogP contribution in [0.5, 0.6) is 0 Å². The molecule has 0 aromatic carbocycles. The highest BCUT2D eigenvalue weighted by Gasteiger charge is 2.01. The molecule has 0 heterocycles. The molecule has 0 saturated carbocycles. The van der Waals surface area contributed by atoms with Crippen molar-refractivity contribution in [2.45, 2.75) is 52.8 Å². The van der Waals surface area contributed by atoms with Crippen LogP contribution >= 0.6 is 0 Å². The summed E-state index contributed by atoms with van der Waals surface area (Å²) in [7, 11) is 0. The summed E-state index contributed by atoms with van der Waals surface area (Å²) in [5, 5.41) is 6.80. The maximum atomic E-state index is 5.43. The van der Waals surface area contributed by atoms with Crippen molar-refractivity contribution in [1.82, 2.24) is 10.6 Å². The van der Waals surface area contributed by atoms with Crippen LogP contribution in [0.1, 0.15) is 34.6 Å². The Kier molecular flexibility index (Phi) is 8.14. The lowest BCUT2D eigenvalue weighted by molar-refractivity contribution is 0.0796. The fourth-order valence-electron chi connectivity index (χ4n) is 1.08. The van der Waals surface area contributed by atoms with Crippen molar-refractivity contribution in [2.75, 3.05) is 19.7 Å². The van der Waals surface area contributed by atoms with E-state index >= 15 is 0 Å². The zero-order valence-electron chi connectivity index (χ0n) is 10.3. The Balaban J connectivity index is 3.22. The first-order valence-corrected chi connectivity index (χ1v) is 5.60. The molecule has 0 fully saturated rings. The molecular weight excluding hydrogens is 176 g/mol. The van der Waals surface area contributed by atoms with Gasteiger partial charge in [0.25, 0.3) is 0 Å². The number of nitrogens with one attached hydrogen (secondary N) is 2. The lowest BCUT2D eigenvalue weighted by Crippen LogP contribution is -2.40. The first-order valence-electron chi connectivity index (χ1n) is 5.60. The molecule has 0 aliphatic rings. The largest absolute Gasteiger partial charge is 0.377 e. The molecule has 1 atom stereocenters. The zero-order valence-corrected chi connectivity index (χ0v) is 10.3. The standard InChI is InChI=1S/C11H26N2O/c1-9(2)13-8-11(5)12-6-7-14-10(3)4/h9-13H,6-8H2,1-5H3. The van der Waals surface area contributed by atoms with Crippen LogP contribution in [0.25, 0.3) is 0 Å². The molecule has 3 heteroatoms. The molecule has 0 aliphatic heterocycles. The molecule has 1 unspecified atom stereocenters. The zero-order chi connectivity index (χ0) is 11.0. The Morgan fingerprint density at radius 2 is 1.64 bits per heavy atom. The van der Waals surface area contributed by atoms with Crippen LogP contribution in [0.3, 0.4) is 0 Å². The van der Waals surface area contributed by atoms with E-state index in [4.69, 9.17) is 4.74 Å². The second-order valence-electron chi connectivity index (χ2n) is 4.34. The van der Waals surface area contributed by atoms with E-state index in [1.807, 2.05) is 0 Å². The van der Waals surface area contributed by atoms with Crippen molar-refractivity contribution in [3.63, 3.8) is 0 Å². The maximum Gasteiger partial charge on any atom is 0.0594 e. The second kappa shape index (κ2) is 8.21. The van der Waals surface area contributed by atoms with E-state index in [-0.39, 0.29) is 0 Å². The van der Waals surface area contributed by atoms with Gasteiger partial charge in [-0.15, -0.1) is 0 Å². The summed E-state index contributed by atoms with van der Waals surface area (Å²) in [4.78, 5) is 0. The Bertz CT molecular complexity index is 126. The highest BCUT2D eigenvalue weighted by Crippen LogP contribution is 1.86. The summed E-state index contributed by atoms with van der Waals surface area (Å²) >= 11 is 0. The Labute approximate surface area is 88.6 Å². The summed E-state index contributed by atoms with van der Waals surface area (Å²) in [5.41, 5.74) is 0. The Morgan fingerprint density at radius 1 is 1.00 bits per heavy atom. The molecule has 3 nitrogen and oxygen atoms in total. The number of rotatable bonds is 8. The van der Waals surface area contributed by atoms with Gasteiger partial charge in [0.05, 0.1) is 12.7 Å². The van der Waals surface area contributed by atoms with Crippen LogP contribution in [-0.2, 0) is 4.74 Å². The SMILES string of the molecule is CC(C)NCC(C)NCCOC(C)C. The van der Waals surface area contributed by atoms with Crippen LogP contribution in [-0.4, -0.2) is 37.9 Å². The maximum absolute atomic E-state index is 5.43. The minimum atomic E-state index is 0.334. The van der Waals surface area contributed by atoms with Gasteiger partial charge in [-0.3, -0.25) is 0 Å². The van der Waals surface area contributed by atoms with Gasteiger partial charge < -0.3 is 15.4 Å². The molecular formula is C11H26N2O. The summed E-state index contributed by atoms with van der Waals surface area (Å²) in [6.45, 7) is 13.4. The second-order valence-corrected chi connectivity index (χ2v) is 4.34. The molecule has 0 amide bonds. The third kappa shape index (κ3) is 9.96. The van der Waals surface area contributed by atoms with E-state index < -0.39 is 0 Å². The van der Waals surface area contributed by atoms with Gasteiger partial charge in [0.1, 0.15) is 0 Å². The number of ether oxygens (including phenoxy) is 1. The third-order valence-corrected chi connectivity index (χ3v) is 1.88. The Morgan fingerprint density at radius 3 is 2.14 bits per heavy atom. The van der Waals surface area contributed by atoms with E-state index in [1.165, 1.54) is 0 Å². The van der Waals surface area contributed by atoms with Gasteiger partial charge in [-0.25, -0.2) is 0 Å². The molecule has 0 bridgehead atoms. The van der Waals surface area contributed by atoms with E-state index in [2.05, 4.69) is 45.3 Å². The lowest BCUT2D eigenvalue weighted by atomic mass is 10.3. The van der Waals surface area contributed by atoms with E-state index in [0.717, 1.165) is 19.7 Å². The molecule has 14 heavy (non-hydrogen) atoms. The van der Waals surface area contributed by atoms with E-state index in [1.54, 1.807) is 0 Å². The first-order chi connectivity index (χ1) is 6.52. The number of hydrogen-bond donors (Lipinski definition) is 2. The lowest BCUT2D eigenvalue weighted by Gasteiger charge is -2.17. The molecule has 0 radical (unpaired) electrons. The average molecular weight is 202 g/mol. The van der Waals surface area contributed by atoms with Gasteiger partial charge in [-0.2, -0.15) is 0 Å². The van der Waals surface area contributed by atoms with Crippen molar-refractivity contribution in [3.8, 4) is 0 Å². The van der Waals surface area contributed by atoms with Crippen molar-refractivity contribution < 1.29 is 4.74 Å². The molecule has 86 valence electrons. The molecule has 2 N–H and O–H groups in total. The van der Waals surface area contributed by atoms with Crippen LogP contribution in [0.2, 0.25) is 0 Å². The third-order valence-electron chi connectivity index (χ3n) is 1.88. The van der Waals surface area contributed by atoms with Crippen molar-refractivity contribution in [1.29, 1.82) is 0 Å². The van der Waals surface area contributed by atoms with Crippen LogP contribution < -0.4 is 10.6 Å². The normalized spacial score (nSPS) is 13.9. The quantitative estimate of drug-likeness (QED) is 0.584. The predicted octanol–water partition coefficient (Wildman–Crippen LogP) is 1.39. The van der Waals surface area contributed by atoms with Gasteiger partial charge in [0, 0.05) is 25.2 Å². The average Bonchev–Trinajstić information content (AvgIpc) is 2.08. The van der Waals surface area contributed by atoms with Gasteiger partial charge in [0.2, 0.25) is 0 Å². The topological polar surface area (TPSA) is 33.3 Å². The van der Waals surface area contributed by atoms with Gasteiger partial charge in [0.15, 0.2) is 0 Å².